The largest absolute Gasteiger partial charge is 0.486 e. The number of fused-ring (bicyclic) bond motifs is 1. The highest BCUT2D eigenvalue weighted by molar-refractivity contribution is 7.89. The lowest BCUT2D eigenvalue weighted by Gasteiger charge is -2.23. The number of nitrogens with one attached hydrogen (secondary N) is 2. The summed E-state index contributed by atoms with van der Waals surface area (Å²) in [5.41, 5.74) is 2.65. The molecule has 0 bridgehead atoms. The summed E-state index contributed by atoms with van der Waals surface area (Å²) in [6, 6.07) is 9.14. The van der Waals surface area contributed by atoms with Gasteiger partial charge in [-0.25, -0.2) is 8.42 Å². The van der Waals surface area contributed by atoms with Crippen LogP contribution in [0.3, 0.4) is 0 Å². The van der Waals surface area contributed by atoms with Crippen LogP contribution in [-0.4, -0.2) is 33.6 Å². The van der Waals surface area contributed by atoms with Gasteiger partial charge in [-0.15, -0.1) is 0 Å². The topological polar surface area (TPSA) is 93.7 Å². The zero-order valence-electron chi connectivity index (χ0n) is 17.0. The molecule has 0 saturated carbocycles. The Bertz CT molecular complexity index is 1020. The molecule has 7 nitrogen and oxygen atoms in total. The first-order valence-corrected chi connectivity index (χ1v) is 11.0. The second kappa shape index (κ2) is 8.42. The Balaban J connectivity index is 1.81. The minimum Gasteiger partial charge on any atom is -0.486 e. The van der Waals surface area contributed by atoms with Crippen molar-refractivity contribution >= 4 is 21.6 Å². The van der Waals surface area contributed by atoms with Crippen LogP contribution in [0.1, 0.15) is 25.0 Å². The van der Waals surface area contributed by atoms with E-state index in [1.165, 1.54) is 12.1 Å². The summed E-state index contributed by atoms with van der Waals surface area (Å²) in [6.07, 6.45) is 0. The van der Waals surface area contributed by atoms with E-state index in [1.807, 2.05) is 32.0 Å². The molecule has 29 heavy (non-hydrogen) atoms. The Morgan fingerprint density at radius 2 is 1.69 bits per heavy atom. The maximum atomic E-state index is 12.9. The molecule has 2 aromatic carbocycles. The van der Waals surface area contributed by atoms with Gasteiger partial charge in [0.1, 0.15) is 19.3 Å². The fourth-order valence-corrected chi connectivity index (χ4v) is 4.44. The molecule has 1 amide bonds. The fraction of sp³-hybridized carbons (Fsp3) is 0.381. The van der Waals surface area contributed by atoms with Crippen LogP contribution in [0.4, 0.5) is 5.69 Å². The molecule has 156 valence electrons. The van der Waals surface area contributed by atoms with Gasteiger partial charge in [0.05, 0.1) is 4.90 Å². The second-order valence-corrected chi connectivity index (χ2v) is 9.17. The zero-order valence-corrected chi connectivity index (χ0v) is 17.8. The van der Waals surface area contributed by atoms with E-state index in [9.17, 15) is 13.2 Å². The molecular formula is C21H26N2O5S. The van der Waals surface area contributed by atoms with Crippen LogP contribution in [0, 0.1) is 19.8 Å². The third kappa shape index (κ3) is 4.89. The molecule has 1 aliphatic heterocycles. The third-order valence-electron chi connectivity index (χ3n) is 4.69. The van der Waals surface area contributed by atoms with Gasteiger partial charge in [-0.2, -0.15) is 4.72 Å². The van der Waals surface area contributed by atoms with E-state index in [2.05, 4.69) is 10.0 Å². The molecule has 1 aliphatic rings. The summed E-state index contributed by atoms with van der Waals surface area (Å²) in [4.78, 5) is 12.9. The Morgan fingerprint density at radius 3 is 2.34 bits per heavy atom. The van der Waals surface area contributed by atoms with E-state index in [1.54, 1.807) is 19.9 Å². The van der Waals surface area contributed by atoms with Crippen molar-refractivity contribution in [3.63, 3.8) is 0 Å². The normalized spacial score (nSPS) is 14.5. The van der Waals surface area contributed by atoms with Gasteiger partial charge in [0.15, 0.2) is 11.5 Å². The number of carbonyl (C=O) groups excluding carboxylic acids is 1. The van der Waals surface area contributed by atoms with Crippen molar-refractivity contribution < 1.29 is 22.7 Å². The van der Waals surface area contributed by atoms with Crippen LogP contribution in [0.2, 0.25) is 0 Å². The molecule has 2 aromatic rings. The molecule has 2 N–H and O–H groups in total. The molecule has 0 unspecified atom stereocenters. The summed E-state index contributed by atoms with van der Waals surface area (Å²) < 4.78 is 39.3. The van der Waals surface area contributed by atoms with Crippen LogP contribution in [0.25, 0.3) is 0 Å². The van der Waals surface area contributed by atoms with Crippen LogP contribution in [-0.2, 0) is 14.8 Å². The van der Waals surface area contributed by atoms with E-state index >= 15 is 0 Å². The molecule has 0 fully saturated rings. The number of ether oxygens (including phenoxy) is 2. The number of hydrogen-bond acceptors (Lipinski definition) is 5. The maximum Gasteiger partial charge on any atom is 0.242 e. The lowest BCUT2D eigenvalue weighted by Crippen LogP contribution is -2.47. The lowest BCUT2D eigenvalue weighted by atomic mass is 10.0. The van der Waals surface area contributed by atoms with E-state index < -0.39 is 22.0 Å². The first-order valence-electron chi connectivity index (χ1n) is 9.47. The van der Waals surface area contributed by atoms with Crippen LogP contribution < -0.4 is 19.5 Å². The molecule has 0 radical (unpaired) electrons. The van der Waals surface area contributed by atoms with Crippen molar-refractivity contribution in [3.8, 4) is 11.5 Å². The summed E-state index contributed by atoms with van der Waals surface area (Å²) in [7, 11) is -3.94. The second-order valence-electron chi connectivity index (χ2n) is 7.46. The summed E-state index contributed by atoms with van der Waals surface area (Å²) in [5.74, 6) is 0.212. The number of anilines is 1. The molecule has 1 atom stereocenters. The van der Waals surface area contributed by atoms with Crippen molar-refractivity contribution in [3.05, 3.63) is 47.5 Å². The standard InChI is InChI=1S/C21H26N2O5S/c1-13(2)20(21(24)22-17-7-5-14(3)11-15(17)4)23-29(25,26)16-6-8-18-19(12-16)28-10-9-27-18/h5-8,11-13,20,23H,9-10H2,1-4H3,(H,22,24)/t20-/m0/s1. The average Bonchev–Trinajstić information content (AvgIpc) is 2.67. The van der Waals surface area contributed by atoms with Gasteiger partial charge < -0.3 is 14.8 Å². The van der Waals surface area contributed by atoms with Crippen molar-refractivity contribution in [1.29, 1.82) is 0 Å². The highest BCUT2D eigenvalue weighted by Crippen LogP contribution is 2.32. The predicted molar refractivity (Wildman–Crippen MR) is 111 cm³/mol. The highest BCUT2D eigenvalue weighted by atomic mass is 32.2. The average molecular weight is 419 g/mol. The number of benzene rings is 2. The van der Waals surface area contributed by atoms with Gasteiger partial charge in [0.25, 0.3) is 0 Å². The number of aryl methyl sites for hydroxylation is 2. The van der Waals surface area contributed by atoms with Crippen molar-refractivity contribution in [1.82, 2.24) is 4.72 Å². The van der Waals surface area contributed by atoms with E-state index in [-0.39, 0.29) is 10.8 Å². The molecule has 0 aromatic heterocycles. The van der Waals surface area contributed by atoms with E-state index in [0.29, 0.717) is 30.4 Å². The molecule has 0 aliphatic carbocycles. The first-order chi connectivity index (χ1) is 13.7. The molecular weight excluding hydrogens is 392 g/mol. The van der Waals surface area contributed by atoms with Crippen LogP contribution in [0.5, 0.6) is 11.5 Å². The number of rotatable bonds is 6. The number of carbonyl (C=O) groups is 1. The minimum atomic E-state index is -3.94. The predicted octanol–water partition coefficient (Wildman–Crippen LogP) is 3.02. The van der Waals surface area contributed by atoms with Crippen molar-refractivity contribution in [2.45, 2.75) is 38.6 Å². The van der Waals surface area contributed by atoms with Crippen molar-refractivity contribution in [2.75, 3.05) is 18.5 Å². The van der Waals surface area contributed by atoms with Gasteiger partial charge in [-0.1, -0.05) is 31.5 Å². The summed E-state index contributed by atoms with van der Waals surface area (Å²) in [6.45, 7) is 8.22. The Kier molecular flexibility index (Phi) is 6.14. The van der Waals surface area contributed by atoms with Gasteiger partial charge in [0.2, 0.25) is 15.9 Å². The minimum absolute atomic E-state index is 0.0201. The Labute approximate surface area is 171 Å². The smallest absolute Gasteiger partial charge is 0.242 e. The van der Waals surface area contributed by atoms with Gasteiger partial charge >= 0.3 is 0 Å². The molecule has 0 saturated heterocycles. The monoisotopic (exact) mass is 418 g/mol. The molecule has 8 heteroatoms. The van der Waals surface area contributed by atoms with E-state index in [0.717, 1.165) is 11.1 Å². The maximum absolute atomic E-state index is 12.9. The molecule has 1 heterocycles. The van der Waals surface area contributed by atoms with Crippen LogP contribution in [0.15, 0.2) is 41.3 Å². The fourth-order valence-electron chi connectivity index (χ4n) is 3.08. The van der Waals surface area contributed by atoms with Crippen LogP contribution >= 0.6 is 0 Å². The van der Waals surface area contributed by atoms with Gasteiger partial charge in [0, 0.05) is 11.8 Å². The first kappa shape index (κ1) is 21.1. The quantitative estimate of drug-likeness (QED) is 0.752. The number of hydrogen-bond donors (Lipinski definition) is 2. The zero-order chi connectivity index (χ0) is 21.2. The summed E-state index contributed by atoms with van der Waals surface area (Å²) in [5, 5.41) is 2.83. The third-order valence-corrected chi connectivity index (χ3v) is 6.13. The van der Waals surface area contributed by atoms with E-state index in [4.69, 9.17) is 9.47 Å². The van der Waals surface area contributed by atoms with Gasteiger partial charge in [-0.3, -0.25) is 4.79 Å². The molecule has 0 spiro atoms. The molecule has 3 rings (SSSR count). The summed E-state index contributed by atoms with van der Waals surface area (Å²) >= 11 is 0. The number of sulfonamides is 1. The van der Waals surface area contributed by atoms with Gasteiger partial charge in [-0.05, 0) is 43.5 Å². The highest BCUT2D eigenvalue weighted by Gasteiger charge is 2.29. The van der Waals surface area contributed by atoms with Crippen molar-refractivity contribution in [2.24, 2.45) is 5.92 Å². The Hall–Kier alpha value is -2.58. The SMILES string of the molecule is Cc1ccc(NC(=O)[C@@H](NS(=O)(=O)c2ccc3c(c2)OCCO3)C(C)C)c(C)c1. The Morgan fingerprint density at radius 1 is 1.00 bits per heavy atom. The number of amides is 1. The lowest BCUT2D eigenvalue weighted by molar-refractivity contribution is -0.118.